The molecule has 2 bridgehead atoms. The minimum atomic E-state index is -0.253. The molecular weight excluding hydrogens is 428 g/mol. The predicted molar refractivity (Wildman–Crippen MR) is 136 cm³/mol. The van der Waals surface area contributed by atoms with Gasteiger partial charge in [0.05, 0.1) is 13.2 Å². The number of rotatable bonds is 16. The van der Waals surface area contributed by atoms with Crippen molar-refractivity contribution in [1.82, 2.24) is 10.6 Å². The number of nitrogens with one attached hydrogen (secondary N) is 2. The molecule has 6 nitrogen and oxygen atoms in total. The topological polar surface area (TPSA) is 76.7 Å². The largest absolute Gasteiger partial charge is 0.450 e. The lowest BCUT2D eigenvalue weighted by Gasteiger charge is -2.37. The number of unbranched alkanes of at least 4 members (excludes halogenated alkanes) is 6. The molecule has 3 fully saturated rings. The van der Waals surface area contributed by atoms with Crippen molar-refractivity contribution in [2.45, 2.75) is 110 Å². The molecule has 0 aromatic carbocycles. The maximum absolute atomic E-state index is 12.0. The van der Waals surface area contributed by atoms with Gasteiger partial charge in [0.1, 0.15) is 0 Å². The second kappa shape index (κ2) is 14.2. The van der Waals surface area contributed by atoms with Crippen LogP contribution in [0.15, 0.2) is 0 Å². The zero-order valence-corrected chi connectivity index (χ0v) is 21.9. The van der Waals surface area contributed by atoms with Crippen molar-refractivity contribution >= 4 is 12.2 Å². The van der Waals surface area contributed by atoms with Crippen molar-refractivity contribution in [3.63, 3.8) is 0 Å². The summed E-state index contributed by atoms with van der Waals surface area (Å²) < 4.78 is 11.1. The molecule has 0 aliphatic heterocycles. The Balaban J connectivity index is 1.32. The Morgan fingerprint density at radius 3 is 2.12 bits per heavy atom. The lowest BCUT2D eigenvalue weighted by atomic mass is 9.68. The highest BCUT2D eigenvalue weighted by atomic mass is 16.6. The molecule has 0 spiro atoms. The molecule has 34 heavy (non-hydrogen) atoms. The van der Waals surface area contributed by atoms with E-state index in [1.807, 2.05) is 0 Å². The average Bonchev–Trinajstić information content (AvgIpc) is 3.51. The van der Waals surface area contributed by atoms with Crippen LogP contribution < -0.4 is 10.6 Å². The van der Waals surface area contributed by atoms with Gasteiger partial charge in [0.25, 0.3) is 0 Å². The van der Waals surface area contributed by atoms with E-state index in [1.54, 1.807) is 0 Å². The summed E-state index contributed by atoms with van der Waals surface area (Å²) in [6, 6.07) is 0. The van der Waals surface area contributed by atoms with Gasteiger partial charge in [0, 0.05) is 13.1 Å². The van der Waals surface area contributed by atoms with Crippen molar-refractivity contribution < 1.29 is 19.1 Å². The van der Waals surface area contributed by atoms with Crippen LogP contribution in [0.3, 0.4) is 0 Å². The minimum absolute atomic E-state index is 0.248. The number of fused-ring (bicyclic) bond motifs is 5. The summed E-state index contributed by atoms with van der Waals surface area (Å²) in [6.45, 7) is 6.90. The Labute approximate surface area is 207 Å². The SMILES string of the molecule is CCCCCCNC(=O)OCCC1CCC2C1C1CCC2(CCOC(=O)NCCCCCC)C1. The first kappa shape index (κ1) is 27.1. The van der Waals surface area contributed by atoms with Crippen LogP contribution in [0.25, 0.3) is 0 Å². The van der Waals surface area contributed by atoms with Crippen molar-refractivity contribution in [2.24, 2.45) is 29.1 Å². The third-order valence-electron chi connectivity index (χ3n) is 9.02. The number of hydrogen-bond acceptors (Lipinski definition) is 4. The quantitative estimate of drug-likeness (QED) is 0.239. The normalized spacial score (nSPS) is 29.1. The Kier molecular flexibility index (Phi) is 11.3. The van der Waals surface area contributed by atoms with Crippen LogP contribution in [0.4, 0.5) is 9.59 Å². The van der Waals surface area contributed by atoms with E-state index >= 15 is 0 Å². The summed E-state index contributed by atoms with van der Waals surface area (Å²) in [5.74, 6) is 3.05. The molecular formula is C28H50N2O4. The van der Waals surface area contributed by atoms with Gasteiger partial charge >= 0.3 is 12.2 Å². The Bertz CT molecular complexity index is 628. The van der Waals surface area contributed by atoms with Crippen LogP contribution in [0.1, 0.15) is 110 Å². The predicted octanol–water partition coefficient (Wildman–Crippen LogP) is 6.82. The molecule has 2 amide bonds. The molecule has 0 saturated heterocycles. The van der Waals surface area contributed by atoms with Gasteiger partial charge in [-0.15, -0.1) is 0 Å². The van der Waals surface area contributed by atoms with E-state index in [0.717, 1.165) is 56.5 Å². The fraction of sp³-hybridized carbons (Fsp3) is 0.929. The third-order valence-corrected chi connectivity index (χ3v) is 9.02. The van der Waals surface area contributed by atoms with Crippen LogP contribution in [0, 0.1) is 29.1 Å². The number of ether oxygens (including phenoxy) is 2. The van der Waals surface area contributed by atoms with E-state index in [9.17, 15) is 9.59 Å². The number of amides is 2. The number of carbonyl (C=O) groups excluding carboxylic acids is 2. The first-order chi connectivity index (χ1) is 16.6. The maximum Gasteiger partial charge on any atom is 0.407 e. The molecule has 0 aromatic heterocycles. The maximum atomic E-state index is 12.0. The molecule has 3 rings (SSSR count). The molecule has 3 aliphatic rings. The number of hydrogen-bond donors (Lipinski definition) is 2. The van der Waals surface area contributed by atoms with Crippen LogP contribution in [0.5, 0.6) is 0 Å². The summed E-state index contributed by atoms with van der Waals surface area (Å²) in [5, 5.41) is 5.80. The standard InChI is InChI=1S/C28H50N2O4/c1-3-5-7-9-17-29-26(31)33-19-14-22-11-12-24-25(22)23-13-15-28(24,21-23)16-20-34-27(32)30-18-10-8-6-4-2/h22-25H,3-21H2,1-2H3,(H,29,31)(H,30,32). The van der Waals surface area contributed by atoms with E-state index in [1.165, 1.54) is 70.6 Å². The second-order valence-electron chi connectivity index (χ2n) is 11.2. The van der Waals surface area contributed by atoms with Gasteiger partial charge in [0.2, 0.25) is 0 Å². The summed E-state index contributed by atoms with van der Waals surface area (Å²) >= 11 is 0. The molecule has 5 atom stereocenters. The lowest BCUT2D eigenvalue weighted by Crippen LogP contribution is -2.32. The van der Waals surface area contributed by atoms with E-state index in [-0.39, 0.29) is 12.2 Å². The van der Waals surface area contributed by atoms with Gasteiger partial charge in [-0.3, -0.25) is 0 Å². The monoisotopic (exact) mass is 478 g/mol. The van der Waals surface area contributed by atoms with Crippen LogP contribution in [-0.2, 0) is 9.47 Å². The number of alkyl carbamates (subject to hydrolysis) is 2. The van der Waals surface area contributed by atoms with Crippen molar-refractivity contribution in [3.05, 3.63) is 0 Å². The van der Waals surface area contributed by atoms with Crippen LogP contribution in [0.2, 0.25) is 0 Å². The first-order valence-corrected chi connectivity index (χ1v) is 14.4. The van der Waals surface area contributed by atoms with Crippen molar-refractivity contribution in [1.29, 1.82) is 0 Å². The molecule has 3 aliphatic carbocycles. The van der Waals surface area contributed by atoms with Gasteiger partial charge < -0.3 is 20.1 Å². The molecule has 6 heteroatoms. The molecule has 0 aromatic rings. The summed E-state index contributed by atoms with van der Waals surface area (Å²) in [7, 11) is 0. The molecule has 196 valence electrons. The van der Waals surface area contributed by atoms with E-state index in [4.69, 9.17) is 9.47 Å². The smallest absolute Gasteiger partial charge is 0.407 e. The summed E-state index contributed by atoms with van der Waals surface area (Å²) in [5.41, 5.74) is 0.377. The highest BCUT2D eigenvalue weighted by Gasteiger charge is 2.60. The van der Waals surface area contributed by atoms with Crippen LogP contribution >= 0.6 is 0 Å². The Morgan fingerprint density at radius 1 is 0.824 bits per heavy atom. The van der Waals surface area contributed by atoms with Gasteiger partial charge in [-0.2, -0.15) is 0 Å². The lowest BCUT2D eigenvalue weighted by molar-refractivity contribution is 0.0785. The fourth-order valence-corrected chi connectivity index (χ4v) is 7.39. The average molecular weight is 479 g/mol. The fourth-order valence-electron chi connectivity index (χ4n) is 7.39. The Hall–Kier alpha value is -1.46. The zero-order chi connectivity index (χ0) is 24.2. The minimum Gasteiger partial charge on any atom is -0.450 e. The van der Waals surface area contributed by atoms with Crippen molar-refractivity contribution in [3.8, 4) is 0 Å². The van der Waals surface area contributed by atoms with E-state index in [2.05, 4.69) is 24.5 Å². The molecule has 0 radical (unpaired) electrons. The first-order valence-electron chi connectivity index (χ1n) is 14.4. The molecule has 5 unspecified atom stereocenters. The van der Waals surface area contributed by atoms with Gasteiger partial charge in [-0.05, 0) is 86.9 Å². The highest BCUT2D eigenvalue weighted by molar-refractivity contribution is 5.67. The van der Waals surface area contributed by atoms with Crippen molar-refractivity contribution in [2.75, 3.05) is 26.3 Å². The molecule has 0 heterocycles. The van der Waals surface area contributed by atoms with Crippen LogP contribution in [-0.4, -0.2) is 38.5 Å². The molecule has 3 saturated carbocycles. The zero-order valence-electron chi connectivity index (χ0n) is 21.9. The van der Waals surface area contributed by atoms with E-state index in [0.29, 0.717) is 24.5 Å². The Morgan fingerprint density at radius 2 is 1.47 bits per heavy atom. The van der Waals surface area contributed by atoms with E-state index < -0.39 is 0 Å². The molecule has 2 N–H and O–H groups in total. The highest BCUT2D eigenvalue weighted by Crippen LogP contribution is 2.68. The third kappa shape index (κ3) is 7.52. The van der Waals surface area contributed by atoms with Gasteiger partial charge in [0.15, 0.2) is 0 Å². The number of carbonyl (C=O) groups is 2. The second-order valence-corrected chi connectivity index (χ2v) is 11.2. The summed E-state index contributed by atoms with van der Waals surface area (Å²) in [4.78, 5) is 24.0. The van der Waals surface area contributed by atoms with Gasteiger partial charge in [-0.25, -0.2) is 9.59 Å². The van der Waals surface area contributed by atoms with Gasteiger partial charge in [-0.1, -0.05) is 52.4 Å². The summed E-state index contributed by atoms with van der Waals surface area (Å²) in [6.07, 6.45) is 17.2.